The summed E-state index contributed by atoms with van der Waals surface area (Å²) in [4.78, 5) is 31.9. The van der Waals surface area contributed by atoms with Crippen molar-refractivity contribution in [1.29, 1.82) is 0 Å². The van der Waals surface area contributed by atoms with Crippen LogP contribution < -0.4 is 15.5 Å². The zero-order chi connectivity index (χ0) is 18.9. The summed E-state index contributed by atoms with van der Waals surface area (Å²) >= 11 is 0. The molecule has 0 aliphatic carbocycles. The van der Waals surface area contributed by atoms with E-state index >= 15 is 0 Å². The average molecular weight is 360 g/mol. The number of amides is 1. The Balaban J connectivity index is 2.00. The third kappa shape index (κ3) is 3.53. The van der Waals surface area contributed by atoms with Crippen LogP contribution in [0.5, 0.6) is 5.75 Å². The fourth-order valence-corrected chi connectivity index (χ4v) is 2.31. The monoisotopic (exact) mass is 360 g/mol. The zero-order valence-corrected chi connectivity index (χ0v) is 13.4. The SMILES string of the molecule is COc1cccc(C(=O)/C=C2\N=c3ccc(C(F)(F)F)cc3=NC2=O)c1. The lowest BCUT2D eigenvalue weighted by atomic mass is 10.1. The van der Waals surface area contributed by atoms with Crippen molar-refractivity contribution in [2.75, 3.05) is 7.11 Å². The maximum Gasteiger partial charge on any atom is 0.416 e. The van der Waals surface area contributed by atoms with Crippen LogP contribution in [0.2, 0.25) is 0 Å². The maximum atomic E-state index is 12.7. The summed E-state index contributed by atoms with van der Waals surface area (Å²) in [5.41, 5.74) is -0.897. The molecule has 0 aromatic heterocycles. The molecule has 132 valence electrons. The molecule has 1 amide bonds. The zero-order valence-electron chi connectivity index (χ0n) is 13.4. The Labute approximate surface area is 145 Å². The van der Waals surface area contributed by atoms with Crippen LogP contribution in [0.3, 0.4) is 0 Å². The minimum Gasteiger partial charge on any atom is -0.497 e. The van der Waals surface area contributed by atoms with Gasteiger partial charge in [-0.3, -0.25) is 9.59 Å². The molecule has 0 saturated heterocycles. The number of ether oxygens (including phenoxy) is 1. The molecule has 0 unspecified atom stereocenters. The molecule has 8 heteroatoms. The highest BCUT2D eigenvalue weighted by Gasteiger charge is 2.30. The molecular weight excluding hydrogens is 349 g/mol. The topological polar surface area (TPSA) is 68.1 Å². The molecular formula is C18H11F3N2O3. The van der Waals surface area contributed by atoms with Gasteiger partial charge in [-0.25, -0.2) is 9.98 Å². The van der Waals surface area contributed by atoms with Crippen molar-refractivity contribution in [3.63, 3.8) is 0 Å². The van der Waals surface area contributed by atoms with Gasteiger partial charge in [-0.15, -0.1) is 0 Å². The number of methoxy groups -OCH3 is 1. The molecule has 0 bridgehead atoms. The molecule has 0 N–H and O–H groups in total. The first-order valence-electron chi connectivity index (χ1n) is 7.37. The van der Waals surface area contributed by atoms with E-state index in [1.165, 1.54) is 19.2 Å². The van der Waals surface area contributed by atoms with Crippen LogP contribution in [0.4, 0.5) is 13.2 Å². The quantitative estimate of drug-likeness (QED) is 0.623. The number of carbonyl (C=O) groups is 2. The Morgan fingerprint density at radius 2 is 1.85 bits per heavy atom. The Hall–Kier alpha value is -3.29. The molecule has 0 fully saturated rings. The standard InChI is InChI=1S/C18H11F3N2O3/c1-26-12-4-2-3-10(7-12)16(24)9-15-17(25)23-14-8-11(18(19,20)21)5-6-13(14)22-15/h2-9H,1H3/b15-9-. The van der Waals surface area contributed by atoms with Gasteiger partial charge in [0.05, 0.1) is 23.4 Å². The molecule has 0 spiro atoms. The second-order valence-electron chi connectivity index (χ2n) is 5.36. The van der Waals surface area contributed by atoms with Crippen LogP contribution in [0.15, 0.2) is 64.2 Å². The molecule has 26 heavy (non-hydrogen) atoms. The van der Waals surface area contributed by atoms with Gasteiger partial charge in [-0.1, -0.05) is 12.1 Å². The fourth-order valence-electron chi connectivity index (χ4n) is 2.31. The number of rotatable bonds is 3. The summed E-state index contributed by atoms with van der Waals surface area (Å²) in [6.45, 7) is 0. The number of hydrogen-bond donors (Lipinski definition) is 0. The number of hydrogen-bond acceptors (Lipinski definition) is 4. The van der Waals surface area contributed by atoms with Gasteiger partial charge in [-0.2, -0.15) is 13.2 Å². The van der Waals surface area contributed by atoms with Gasteiger partial charge < -0.3 is 4.74 Å². The first-order chi connectivity index (χ1) is 12.3. The minimum atomic E-state index is -4.55. The Kier molecular flexibility index (Phi) is 4.41. The third-order valence-electron chi connectivity index (χ3n) is 3.61. The van der Waals surface area contributed by atoms with Gasteiger partial charge in [0.15, 0.2) is 5.78 Å². The summed E-state index contributed by atoms with van der Waals surface area (Å²) in [6, 6.07) is 9.00. The summed E-state index contributed by atoms with van der Waals surface area (Å²) < 4.78 is 43.2. The molecule has 1 heterocycles. The molecule has 3 rings (SSSR count). The molecule has 5 nitrogen and oxygen atoms in total. The molecule has 1 aliphatic heterocycles. The van der Waals surface area contributed by atoms with E-state index in [9.17, 15) is 22.8 Å². The second-order valence-corrected chi connectivity index (χ2v) is 5.36. The van der Waals surface area contributed by atoms with Gasteiger partial charge in [-0.05, 0) is 30.3 Å². The van der Waals surface area contributed by atoms with Crippen molar-refractivity contribution >= 4 is 11.7 Å². The fraction of sp³-hybridized carbons (Fsp3) is 0.111. The summed E-state index contributed by atoms with van der Waals surface area (Å²) in [6.07, 6.45) is -3.55. The van der Waals surface area contributed by atoms with E-state index in [0.717, 1.165) is 24.3 Å². The number of ketones is 1. The second kappa shape index (κ2) is 6.55. The molecule has 2 aromatic carbocycles. The number of allylic oxidation sites excluding steroid dienone is 1. The minimum absolute atomic E-state index is 0.0855. The van der Waals surface area contributed by atoms with E-state index in [1.54, 1.807) is 12.1 Å². The molecule has 2 aromatic rings. The van der Waals surface area contributed by atoms with Gasteiger partial charge in [0.25, 0.3) is 5.91 Å². The number of fused-ring (bicyclic) bond motifs is 1. The van der Waals surface area contributed by atoms with Gasteiger partial charge in [0.1, 0.15) is 11.4 Å². The van der Waals surface area contributed by atoms with Crippen molar-refractivity contribution in [2.45, 2.75) is 6.18 Å². The van der Waals surface area contributed by atoms with E-state index in [2.05, 4.69) is 9.98 Å². The lowest BCUT2D eigenvalue weighted by Gasteiger charge is -2.07. The van der Waals surface area contributed by atoms with Crippen LogP contribution >= 0.6 is 0 Å². The van der Waals surface area contributed by atoms with Crippen LogP contribution in [0.25, 0.3) is 0 Å². The molecule has 0 radical (unpaired) electrons. The summed E-state index contributed by atoms with van der Waals surface area (Å²) in [5.74, 6) is -0.912. The van der Waals surface area contributed by atoms with E-state index in [1.807, 2.05) is 0 Å². The number of nitrogens with zero attached hydrogens (tertiary/aromatic N) is 2. The number of halogens is 3. The Morgan fingerprint density at radius 1 is 1.08 bits per heavy atom. The van der Waals surface area contributed by atoms with Gasteiger partial charge >= 0.3 is 6.18 Å². The third-order valence-corrected chi connectivity index (χ3v) is 3.61. The highest BCUT2D eigenvalue weighted by atomic mass is 19.4. The maximum absolute atomic E-state index is 12.7. The van der Waals surface area contributed by atoms with E-state index in [-0.39, 0.29) is 22.0 Å². The molecule has 0 atom stereocenters. The van der Waals surface area contributed by atoms with Crippen LogP contribution in [-0.4, -0.2) is 18.8 Å². The van der Waals surface area contributed by atoms with Crippen molar-refractivity contribution in [1.82, 2.24) is 0 Å². The summed E-state index contributed by atoms with van der Waals surface area (Å²) in [5, 5.41) is -0.0990. The van der Waals surface area contributed by atoms with Crippen LogP contribution in [0.1, 0.15) is 15.9 Å². The van der Waals surface area contributed by atoms with Crippen LogP contribution in [-0.2, 0) is 11.0 Å². The Morgan fingerprint density at radius 3 is 2.54 bits per heavy atom. The lowest BCUT2D eigenvalue weighted by molar-refractivity contribution is -0.137. The van der Waals surface area contributed by atoms with Gasteiger partial charge in [0.2, 0.25) is 0 Å². The van der Waals surface area contributed by atoms with Crippen LogP contribution in [0, 0.1) is 0 Å². The normalized spacial score (nSPS) is 15.1. The smallest absolute Gasteiger partial charge is 0.416 e. The molecule has 0 saturated carbocycles. The van der Waals surface area contributed by atoms with Crippen molar-refractivity contribution in [3.8, 4) is 5.75 Å². The predicted molar refractivity (Wildman–Crippen MR) is 84.2 cm³/mol. The Bertz CT molecular complexity index is 1060. The number of carbonyl (C=O) groups excluding carboxylic acids is 2. The highest BCUT2D eigenvalue weighted by molar-refractivity contribution is 6.09. The van der Waals surface area contributed by atoms with E-state index in [4.69, 9.17) is 4.74 Å². The predicted octanol–water partition coefficient (Wildman–Crippen LogP) is 2.26. The highest BCUT2D eigenvalue weighted by Crippen LogP contribution is 2.27. The van der Waals surface area contributed by atoms with E-state index in [0.29, 0.717) is 5.75 Å². The van der Waals surface area contributed by atoms with Crippen molar-refractivity contribution in [3.05, 3.63) is 76.1 Å². The largest absolute Gasteiger partial charge is 0.497 e. The first kappa shape index (κ1) is 17.5. The number of alkyl halides is 3. The van der Waals surface area contributed by atoms with Crippen molar-refractivity contribution in [2.24, 2.45) is 9.98 Å². The average Bonchev–Trinajstić information content (AvgIpc) is 2.61. The first-order valence-corrected chi connectivity index (χ1v) is 7.37. The van der Waals surface area contributed by atoms with E-state index < -0.39 is 23.4 Å². The summed E-state index contributed by atoms with van der Waals surface area (Å²) in [7, 11) is 1.45. The van der Waals surface area contributed by atoms with Gasteiger partial charge in [0, 0.05) is 11.6 Å². The van der Waals surface area contributed by atoms with Crippen molar-refractivity contribution < 1.29 is 27.5 Å². The molecule has 1 aliphatic rings. The lowest BCUT2D eigenvalue weighted by Crippen LogP contribution is -2.32. The number of benzene rings is 2.